The number of thiocarbonyl (C=S) groups is 1. The lowest BCUT2D eigenvalue weighted by Gasteiger charge is -2.16. The maximum Gasteiger partial charge on any atom is 0.152 e. The molecule has 1 aliphatic rings. The Morgan fingerprint density at radius 1 is 1.43 bits per heavy atom. The summed E-state index contributed by atoms with van der Waals surface area (Å²) in [5, 5.41) is -0.616. The molecule has 4 nitrogen and oxygen atoms in total. The largest absolute Gasteiger partial charge is 0.393 e. The number of sulfone groups is 1. The molecule has 1 aromatic rings. The van der Waals surface area contributed by atoms with E-state index in [0.29, 0.717) is 6.61 Å². The zero-order chi connectivity index (χ0) is 15.8. The molecule has 1 fully saturated rings. The van der Waals surface area contributed by atoms with Gasteiger partial charge in [-0.15, -0.1) is 0 Å². The van der Waals surface area contributed by atoms with Gasteiger partial charge in [-0.3, -0.25) is 0 Å². The van der Waals surface area contributed by atoms with Crippen molar-refractivity contribution in [3.63, 3.8) is 0 Å². The minimum atomic E-state index is -3.28. The first-order valence-electron chi connectivity index (χ1n) is 6.57. The van der Waals surface area contributed by atoms with E-state index in [1.165, 1.54) is 6.26 Å². The Labute approximate surface area is 139 Å². The average Bonchev–Trinajstić information content (AvgIpc) is 3.08. The second-order valence-electron chi connectivity index (χ2n) is 5.32. The number of halogens is 1. The van der Waals surface area contributed by atoms with Gasteiger partial charge in [0.15, 0.2) is 9.84 Å². The van der Waals surface area contributed by atoms with Crippen molar-refractivity contribution in [2.24, 2.45) is 11.1 Å². The van der Waals surface area contributed by atoms with Crippen molar-refractivity contribution in [3.05, 3.63) is 34.3 Å². The van der Waals surface area contributed by atoms with E-state index in [4.69, 9.17) is 22.7 Å². The van der Waals surface area contributed by atoms with Crippen molar-refractivity contribution in [1.29, 1.82) is 0 Å². The van der Waals surface area contributed by atoms with Gasteiger partial charge in [0.1, 0.15) is 0 Å². The molecular formula is C14H18BrNO3S2. The van der Waals surface area contributed by atoms with Gasteiger partial charge in [-0.25, -0.2) is 8.42 Å². The van der Waals surface area contributed by atoms with Crippen molar-refractivity contribution in [2.75, 3.05) is 19.5 Å². The predicted molar refractivity (Wildman–Crippen MR) is 91.2 cm³/mol. The Morgan fingerprint density at radius 3 is 2.43 bits per heavy atom. The van der Waals surface area contributed by atoms with E-state index in [1.807, 2.05) is 31.2 Å². The van der Waals surface area contributed by atoms with E-state index in [-0.39, 0.29) is 17.5 Å². The van der Waals surface area contributed by atoms with Crippen LogP contribution in [0.25, 0.3) is 0 Å². The lowest BCUT2D eigenvalue weighted by molar-refractivity contribution is 0.121. The van der Waals surface area contributed by atoms with Crippen molar-refractivity contribution in [2.45, 2.75) is 18.1 Å². The smallest absolute Gasteiger partial charge is 0.152 e. The lowest BCUT2D eigenvalue weighted by atomic mass is 10.00. The molecule has 0 heterocycles. The highest BCUT2D eigenvalue weighted by Crippen LogP contribution is 2.63. The molecule has 0 amide bonds. The topological polar surface area (TPSA) is 69.4 Å². The standard InChI is InChI=1S/C14H18BrNO3S2/c1-3-19-8-14(13(16)20)11(12(14)21(2,17)18)9-4-6-10(15)7-5-9/h4-7,11-12H,3,8H2,1-2H3,(H2,16,20)/t11-,12-,14+/m1/s1. The van der Waals surface area contributed by atoms with Crippen LogP contribution in [0.1, 0.15) is 18.4 Å². The van der Waals surface area contributed by atoms with Crippen LogP contribution in [0.3, 0.4) is 0 Å². The van der Waals surface area contributed by atoms with Crippen LogP contribution in [0.15, 0.2) is 28.7 Å². The third kappa shape index (κ3) is 3.02. The van der Waals surface area contributed by atoms with Crippen molar-refractivity contribution in [1.82, 2.24) is 0 Å². The van der Waals surface area contributed by atoms with Crippen LogP contribution in [0.2, 0.25) is 0 Å². The van der Waals surface area contributed by atoms with E-state index in [9.17, 15) is 8.42 Å². The Balaban J connectivity index is 2.46. The number of rotatable bonds is 6. The molecule has 3 atom stereocenters. The summed E-state index contributed by atoms with van der Waals surface area (Å²) in [6, 6.07) is 7.58. The fraction of sp³-hybridized carbons (Fsp3) is 0.500. The normalized spacial score (nSPS) is 28.3. The molecule has 0 saturated heterocycles. The fourth-order valence-electron chi connectivity index (χ4n) is 2.98. The van der Waals surface area contributed by atoms with Crippen LogP contribution in [0, 0.1) is 5.41 Å². The van der Waals surface area contributed by atoms with E-state index in [0.717, 1.165) is 10.0 Å². The highest BCUT2D eigenvalue weighted by Gasteiger charge is 2.71. The number of hydrogen-bond donors (Lipinski definition) is 1. The quantitative estimate of drug-likeness (QED) is 0.753. The molecular weight excluding hydrogens is 374 g/mol. The minimum Gasteiger partial charge on any atom is -0.393 e. The van der Waals surface area contributed by atoms with Gasteiger partial charge in [0, 0.05) is 23.3 Å². The molecule has 0 aromatic heterocycles. The van der Waals surface area contributed by atoms with Gasteiger partial charge >= 0.3 is 0 Å². The molecule has 0 bridgehead atoms. The zero-order valence-corrected chi connectivity index (χ0v) is 15.1. The van der Waals surface area contributed by atoms with Gasteiger partial charge in [-0.1, -0.05) is 40.3 Å². The first-order valence-corrected chi connectivity index (χ1v) is 9.72. The predicted octanol–water partition coefficient (Wildman–Crippen LogP) is 2.27. The van der Waals surface area contributed by atoms with Crippen molar-refractivity contribution in [3.8, 4) is 0 Å². The van der Waals surface area contributed by atoms with Crippen molar-refractivity contribution < 1.29 is 13.2 Å². The molecule has 1 aromatic carbocycles. The molecule has 0 spiro atoms. The van der Waals surface area contributed by atoms with Gasteiger partial charge in [-0.2, -0.15) is 0 Å². The summed E-state index contributed by atoms with van der Waals surface area (Å²) in [5.41, 5.74) is 6.01. The Bertz CT molecular complexity index is 645. The first-order chi connectivity index (χ1) is 9.75. The molecule has 2 N–H and O–H groups in total. The zero-order valence-electron chi connectivity index (χ0n) is 11.9. The number of ether oxygens (including phenoxy) is 1. The second kappa shape index (κ2) is 5.95. The third-order valence-electron chi connectivity index (χ3n) is 3.95. The summed E-state index contributed by atoms with van der Waals surface area (Å²) in [6.45, 7) is 2.59. The van der Waals surface area contributed by atoms with Crippen LogP contribution in [-0.4, -0.2) is 38.1 Å². The Kier molecular flexibility index (Phi) is 4.78. The first kappa shape index (κ1) is 16.9. The van der Waals surface area contributed by atoms with Crippen LogP contribution in [0.5, 0.6) is 0 Å². The fourth-order valence-corrected chi connectivity index (χ4v) is 5.56. The third-order valence-corrected chi connectivity index (χ3v) is 6.47. The molecule has 0 radical (unpaired) electrons. The summed E-state index contributed by atoms with van der Waals surface area (Å²) >= 11 is 8.56. The second-order valence-corrected chi connectivity index (χ2v) is 8.84. The lowest BCUT2D eigenvalue weighted by Crippen LogP contribution is -2.33. The summed E-state index contributed by atoms with van der Waals surface area (Å²) in [7, 11) is -3.28. The van der Waals surface area contributed by atoms with Gasteiger partial charge in [0.25, 0.3) is 0 Å². The highest BCUT2D eigenvalue weighted by molar-refractivity contribution is 9.10. The van der Waals surface area contributed by atoms with Gasteiger partial charge in [0.05, 0.1) is 22.3 Å². The average molecular weight is 392 g/mol. The van der Waals surface area contributed by atoms with Crippen LogP contribution < -0.4 is 5.73 Å². The minimum absolute atomic E-state index is 0.208. The van der Waals surface area contributed by atoms with Crippen LogP contribution >= 0.6 is 28.1 Å². The molecule has 2 rings (SSSR count). The Hall–Kier alpha value is -0.500. The highest BCUT2D eigenvalue weighted by atomic mass is 79.9. The van der Waals surface area contributed by atoms with Crippen LogP contribution in [-0.2, 0) is 14.6 Å². The number of nitrogens with two attached hydrogens (primary N) is 1. The molecule has 0 aliphatic heterocycles. The summed E-state index contributed by atoms with van der Waals surface area (Å²) in [5.74, 6) is -0.246. The molecule has 21 heavy (non-hydrogen) atoms. The van der Waals surface area contributed by atoms with Crippen LogP contribution in [0.4, 0.5) is 0 Å². The SMILES string of the molecule is CCOC[C@]1(C(N)=S)[C@H](c2ccc(Br)cc2)[C@H]1S(C)(=O)=O. The van der Waals surface area contributed by atoms with E-state index < -0.39 is 20.5 Å². The number of hydrogen-bond acceptors (Lipinski definition) is 4. The Morgan fingerprint density at radius 2 is 2.00 bits per heavy atom. The number of benzene rings is 1. The molecule has 116 valence electrons. The maximum absolute atomic E-state index is 12.1. The van der Waals surface area contributed by atoms with E-state index >= 15 is 0 Å². The van der Waals surface area contributed by atoms with Gasteiger partial charge < -0.3 is 10.5 Å². The molecule has 1 aliphatic carbocycles. The molecule has 1 saturated carbocycles. The summed E-state index contributed by atoms with van der Waals surface area (Å²) in [6.07, 6.45) is 1.23. The van der Waals surface area contributed by atoms with Gasteiger partial charge in [-0.05, 0) is 24.6 Å². The van der Waals surface area contributed by atoms with E-state index in [1.54, 1.807) is 0 Å². The summed E-state index contributed by atoms with van der Waals surface area (Å²) < 4.78 is 30.7. The monoisotopic (exact) mass is 391 g/mol. The molecule has 7 heteroatoms. The van der Waals surface area contributed by atoms with Crippen molar-refractivity contribution >= 4 is 43.0 Å². The van der Waals surface area contributed by atoms with E-state index in [2.05, 4.69) is 15.9 Å². The maximum atomic E-state index is 12.1. The molecule has 0 unspecified atom stereocenters. The summed E-state index contributed by atoms with van der Waals surface area (Å²) in [4.78, 5) is 0.208. The van der Waals surface area contributed by atoms with Gasteiger partial charge in [0.2, 0.25) is 0 Å².